The maximum absolute atomic E-state index is 14.3. The summed E-state index contributed by atoms with van der Waals surface area (Å²) in [5.41, 5.74) is 2.52. The van der Waals surface area contributed by atoms with Gasteiger partial charge in [0.2, 0.25) is 0 Å². The van der Waals surface area contributed by atoms with Crippen molar-refractivity contribution in [3.8, 4) is 0 Å². The van der Waals surface area contributed by atoms with E-state index in [-0.39, 0.29) is 11.7 Å². The lowest BCUT2D eigenvalue weighted by Gasteiger charge is -2.17. The molecule has 0 saturated heterocycles. The Morgan fingerprint density at radius 3 is 2.38 bits per heavy atom. The molecule has 86 valence electrons. The highest BCUT2D eigenvalue weighted by atomic mass is 19.1. The third-order valence-electron chi connectivity index (χ3n) is 2.97. The van der Waals surface area contributed by atoms with Crippen LogP contribution in [0.4, 0.5) is 4.39 Å². The van der Waals surface area contributed by atoms with Gasteiger partial charge in [-0.2, -0.15) is 0 Å². The summed E-state index contributed by atoms with van der Waals surface area (Å²) in [5.74, 6) is 0.378. The molecule has 1 aromatic heterocycles. The van der Waals surface area contributed by atoms with Crippen molar-refractivity contribution in [2.24, 2.45) is 0 Å². The van der Waals surface area contributed by atoms with Gasteiger partial charge in [0.15, 0.2) is 0 Å². The van der Waals surface area contributed by atoms with E-state index in [1.807, 2.05) is 19.9 Å². The molecule has 2 rings (SSSR count). The van der Waals surface area contributed by atoms with E-state index in [4.69, 9.17) is 4.42 Å². The van der Waals surface area contributed by atoms with Crippen molar-refractivity contribution in [2.75, 3.05) is 0 Å². The maximum Gasteiger partial charge on any atom is 0.138 e. The minimum atomic E-state index is -0.120. The molecule has 16 heavy (non-hydrogen) atoms. The summed E-state index contributed by atoms with van der Waals surface area (Å²) in [4.78, 5) is 0. The van der Waals surface area contributed by atoms with Crippen molar-refractivity contribution in [1.29, 1.82) is 0 Å². The van der Waals surface area contributed by atoms with Gasteiger partial charge in [-0.1, -0.05) is 27.7 Å². The summed E-state index contributed by atoms with van der Waals surface area (Å²) >= 11 is 0. The molecule has 0 unspecified atom stereocenters. The SMILES string of the molecule is CC(C)c1cc2occc2c(F)c1C(C)C. The molecule has 0 N–H and O–H groups in total. The summed E-state index contributed by atoms with van der Waals surface area (Å²) in [5, 5.41) is 0.591. The molecule has 0 bridgehead atoms. The zero-order valence-electron chi connectivity index (χ0n) is 10.2. The summed E-state index contributed by atoms with van der Waals surface area (Å²) in [6.07, 6.45) is 1.54. The van der Waals surface area contributed by atoms with E-state index >= 15 is 0 Å². The van der Waals surface area contributed by atoms with E-state index in [9.17, 15) is 4.39 Å². The number of rotatable bonds is 2. The van der Waals surface area contributed by atoms with E-state index in [1.165, 1.54) is 0 Å². The van der Waals surface area contributed by atoms with Crippen molar-refractivity contribution < 1.29 is 8.81 Å². The molecule has 2 heteroatoms. The van der Waals surface area contributed by atoms with E-state index in [0.29, 0.717) is 16.9 Å². The van der Waals surface area contributed by atoms with Gasteiger partial charge in [-0.05, 0) is 35.1 Å². The lowest BCUT2D eigenvalue weighted by Crippen LogP contribution is -2.02. The first-order valence-corrected chi connectivity index (χ1v) is 5.71. The van der Waals surface area contributed by atoms with Gasteiger partial charge in [0, 0.05) is 0 Å². The third-order valence-corrected chi connectivity index (χ3v) is 2.97. The van der Waals surface area contributed by atoms with Gasteiger partial charge in [0.05, 0.1) is 11.6 Å². The van der Waals surface area contributed by atoms with Gasteiger partial charge in [0.1, 0.15) is 11.4 Å². The van der Waals surface area contributed by atoms with Crippen LogP contribution in [-0.2, 0) is 0 Å². The van der Waals surface area contributed by atoms with E-state index in [0.717, 1.165) is 11.1 Å². The standard InChI is InChI=1S/C14H17FO/c1-8(2)11-7-12-10(5-6-16-12)14(15)13(11)9(3)4/h5-9H,1-4H3. The molecular formula is C14H17FO. The maximum atomic E-state index is 14.3. The van der Waals surface area contributed by atoms with Gasteiger partial charge in [-0.3, -0.25) is 0 Å². The molecule has 2 aromatic rings. The Hall–Kier alpha value is -1.31. The Kier molecular flexibility index (Phi) is 2.75. The van der Waals surface area contributed by atoms with E-state index in [1.54, 1.807) is 12.3 Å². The quantitative estimate of drug-likeness (QED) is 0.707. The highest BCUT2D eigenvalue weighted by molar-refractivity contribution is 5.80. The minimum Gasteiger partial charge on any atom is -0.464 e. The topological polar surface area (TPSA) is 13.1 Å². The number of hydrogen-bond acceptors (Lipinski definition) is 1. The molecule has 0 amide bonds. The largest absolute Gasteiger partial charge is 0.464 e. The Morgan fingerprint density at radius 1 is 1.12 bits per heavy atom. The molecule has 0 fully saturated rings. The van der Waals surface area contributed by atoms with Crippen LogP contribution in [0.3, 0.4) is 0 Å². The molecule has 0 spiro atoms. The number of benzene rings is 1. The molecule has 1 aromatic carbocycles. The molecule has 0 aliphatic rings. The fraction of sp³-hybridized carbons (Fsp3) is 0.429. The first kappa shape index (κ1) is 11.2. The van der Waals surface area contributed by atoms with Gasteiger partial charge in [-0.15, -0.1) is 0 Å². The van der Waals surface area contributed by atoms with Gasteiger partial charge in [-0.25, -0.2) is 4.39 Å². The summed E-state index contributed by atoms with van der Waals surface area (Å²) in [7, 11) is 0. The number of fused-ring (bicyclic) bond motifs is 1. The number of furan rings is 1. The van der Waals surface area contributed by atoms with Crippen LogP contribution in [0, 0.1) is 5.82 Å². The second kappa shape index (κ2) is 3.93. The van der Waals surface area contributed by atoms with Crippen LogP contribution in [0.5, 0.6) is 0 Å². The lowest BCUT2D eigenvalue weighted by molar-refractivity contribution is 0.591. The van der Waals surface area contributed by atoms with Crippen LogP contribution in [0.2, 0.25) is 0 Å². The molecule has 1 heterocycles. The van der Waals surface area contributed by atoms with Gasteiger partial charge >= 0.3 is 0 Å². The molecule has 1 nitrogen and oxygen atoms in total. The fourth-order valence-electron chi connectivity index (χ4n) is 2.17. The van der Waals surface area contributed by atoms with Crippen molar-refractivity contribution in [3.63, 3.8) is 0 Å². The number of hydrogen-bond donors (Lipinski definition) is 0. The van der Waals surface area contributed by atoms with Crippen LogP contribution in [0.1, 0.15) is 50.7 Å². The zero-order valence-corrected chi connectivity index (χ0v) is 10.2. The lowest BCUT2D eigenvalue weighted by atomic mass is 9.89. The van der Waals surface area contributed by atoms with Crippen molar-refractivity contribution in [3.05, 3.63) is 35.3 Å². The first-order valence-electron chi connectivity index (χ1n) is 5.71. The second-order valence-corrected chi connectivity index (χ2v) is 4.84. The summed E-state index contributed by atoms with van der Waals surface area (Å²) in [6, 6.07) is 3.67. The van der Waals surface area contributed by atoms with Crippen LogP contribution < -0.4 is 0 Å². The molecule has 0 aliphatic heterocycles. The van der Waals surface area contributed by atoms with Gasteiger partial charge in [0.25, 0.3) is 0 Å². The fourth-order valence-corrected chi connectivity index (χ4v) is 2.17. The average Bonchev–Trinajstić information content (AvgIpc) is 2.64. The van der Waals surface area contributed by atoms with Crippen LogP contribution in [0.25, 0.3) is 11.0 Å². The van der Waals surface area contributed by atoms with Crippen molar-refractivity contribution in [1.82, 2.24) is 0 Å². The van der Waals surface area contributed by atoms with E-state index < -0.39 is 0 Å². The molecule has 0 saturated carbocycles. The van der Waals surface area contributed by atoms with E-state index in [2.05, 4.69) is 13.8 Å². The molecule has 0 radical (unpaired) electrons. The van der Waals surface area contributed by atoms with Crippen LogP contribution >= 0.6 is 0 Å². The second-order valence-electron chi connectivity index (χ2n) is 4.84. The first-order chi connectivity index (χ1) is 7.52. The predicted octanol–water partition coefficient (Wildman–Crippen LogP) is 4.82. The normalized spacial score (nSPS) is 11.9. The van der Waals surface area contributed by atoms with Crippen molar-refractivity contribution >= 4 is 11.0 Å². The van der Waals surface area contributed by atoms with Crippen LogP contribution in [0.15, 0.2) is 22.8 Å². The van der Waals surface area contributed by atoms with Gasteiger partial charge < -0.3 is 4.42 Å². The summed E-state index contributed by atoms with van der Waals surface area (Å²) in [6.45, 7) is 8.21. The third kappa shape index (κ3) is 1.62. The van der Waals surface area contributed by atoms with Crippen LogP contribution in [-0.4, -0.2) is 0 Å². The highest BCUT2D eigenvalue weighted by Crippen LogP contribution is 2.34. The number of halogens is 1. The molecular weight excluding hydrogens is 203 g/mol. The predicted molar refractivity (Wildman–Crippen MR) is 64.4 cm³/mol. The highest BCUT2D eigenvalue weighted by Gasteiger charge is 2.19. The Labute approximate surface area is 95.3 Å². The summed E-state index contributed by atoms with van der Waals surface area (Å²) < 4.78 is 19.6. The smallest absolute Gasteiger partial charge is 0.138 e. The van der Waals surface area contributed by atoms with Crippen molar-refractivity contribution in [2.45, 2.75) is 39.5 Å². The Bertz CT molecular complexity index is 509. The average molecular weight is 220 g/mol. The zero-order chi connectivity index (χ0) is 11.9. The minimum absolute atomic E-state index is 0.120. The Morgan fingerprint density at radius 2 is 1.81 bits per heavy atom. The molecule has 0 atom stereocenters. The molecule has 0 aliphatic carbocycles. The monoisotopic (exact) mass is 220 g/mol. The Balaban J connectivity index is 2.80.